The highest BCUT2D eigenvalue weighted by molar-refractivity contribution is 7.92. The maximum atomic E-state index is 11.5. The minimum absolute atomic E-state index is 0.0606. The van der Waals surface area contributed by atoms with Crippen molar-refractivity contribution in [2.24, 2.45) is 0 Å². The van der Waals surface area contributed by atoms with Crippen LogP contribution in [0.15, 0.2) is 48.8 Å². The monoisotopic (exact) mass is 305 g/mol. The van der Waals surface area contributed by atoms with Gasteiger partial charge in [0.05, 0.1) is 11.8 Å². The Labute approximate surface area is 125 Å². The van der Waals surface area contributed by atoms with Crippen molar-refractivity contribution < 1.29 is 8.42 Å². The van der Waals surface area contributed by atoms with Crippen LogP contribution in [0.25, 0.3) is 0 Å². The van der Waals surface area contributed by atoms with E-state index in [0.29, 0.717) is 5.69 Å². The summed E-state index contributed by atoms with van der Waals surface area (Å²) in [6, 6.07) is 11.2. The number of hydrogen-bond donors (Lipinski definition) is 2. The molecule has 1 atom stereocenters. The van der Waals surface area contributed by atoms with E-state index in [2.05, 4.69) is 15.0 Å². The van der Waals surface area contributed by atoms with E-state index < -0.39 is 10.0 Å². The van der Waals surface area contributed by atoms with Crippen LogP contribution in [0.2, 0.25) is 0 Å². The standard InChI is InChI=1S/C15H19N3O2S/c1-3-21(19,20)18-15-8-6-14(7-9-15)17-12(2)13-5-4-10-16-11-13/h4-12,17-18H,3H2,1-2H3. The van der Waals surface area contributed by atoms with Crippen molar-refractivity contribution in [2.75, 3.05) is 15.8 Å². The molecule has 0 bridgehead atoms. The minimum atomic E-state index is -3.23. The zero-order valence-electron chi connectivity index (χ0n) is 12.1. The third-order valence-electron chi connectivity index (χ3n) is 3.11. The molecular formula is C15H19N3O2S. The summed E-state index contributed by atoms with van der Waals surface area (Å²) in [6.07, 6.45) is 3.56. The fraction of sp³-hybridized carbons (Fsp3) is 0.267. The number of sulfonamides is 1. The number of hydrogen-bond acceptors (Lipinski definition) is 4. The van der Waals surface area contributed by atoms with Crippen molar-refractivity contribution in [1.82, 2.24) is 4.98 Å². The molecule has 0 saturated heterocycles. The molecule has 0 radical (unpaired) electrons. The summed E-state index contributed by atoms with van der Waals surface area (Å²) in [5.74, 6) is 0.0606. The van der Waals surface area contributed by atoms with Gasteiger partial charge in [0, 0.05) is 23.8 Å². The molecule has 1 aromatic carbocycles. The molecular weight excluding hydrogens is 286 g/mol. The van der Waals surface area contributed by atoms with Crippen LogP contribution in [-0.4, -0.2) is 19.2 Å². The van der Waals surface area contributed by atoms with Gasteiger partial charge in [-0.1, -0.05) is 6.07 Å². The molecule has 2 N–H and O–H groups in total. The molecule has 0 spiro atoms. The number of nitrogens with one attached hydrogen (secondary N) is 2. The number of nitrogens with zero attached hydrogens (tertiary/aromatic N) is 1. The molecule has 0 saturated carbocycles. The molecule has 112 valence electrons. The van der Waals surface area contributed by atoms with Crippen molar-refractivity contribution in [3.05, 3.63) is 54.4 Å². The second-order valence-corrected chi connectivity index (χ2v) is 6.75. The summed E-state index contributed by atoms with van der Waals surface area (Å²) in [6.45, 7) is 3.65. The van der Waals surface area contributed by atoms with Gasteiger partial charge in [-0.25, -0.2) is 8.42 Å². The maximum absolute atomic E-state index is 11.5. The first-order valence-electron chi connectivity index (χ1n) is 6.77. The van der Waals surface area contributed by atoms with Crippen LogP contribution >= 0.6 is 0 Å². The Balaban J connectivity index is 2.03. The van der Waals surface area contributed by atoms with Crippen LogP contribution < -0.4 is 10.0 Å². The fourth-order valence-corrected chi connectivity index (χ4v) is 2.49. The lowest BCUT2D eigenvalue weighted by Gasteiger charge is -2.15. The lowest BCUT2D eigenvalue weighted by Crippen LogP contribution is -2.14. The van der Waals surface area contributed by atoms with E-state index in [0.717, 1.165) is 11.3 Å². The van der Waals surface area contributed by atoms with Crippen LogP contribution in [0.3, 0.4) is 0 Å². The van der Waals surface area contributed by atoms with E-state index in [1.165, 1.54) is 0 Å². The van der Waals surface area contributed by atoms with E-state index in [1.807, 2.05) is 37.4 Å². The highest BCUT2D eigenvalue weighted by Crippen LogP contribution is 2.20. The van der Waals surface area contributed by atoms with E-state index in [-0.39, 0.29) is 11.8 Å². The summed E-state index contributed by atoms with van der Waals surface area (Å²) in [5.41, 5.74) is 2.58. The third-order valence-corrected chi connectivity index (χ3v) is 4.41. The second-order valence-electron chi connectivity index (χ2n) is 4.74. The van der Waals surface area contributed by atoms with Gasteiger partial charge in [-0.3, -0.25) is 9.71 Å². The van der Waals surface area contributed by atoms with Gasteiger partial charge in [0.2, 0.25) is 10.0 Å². The van der Waals surface area contributed by atoms with Crippen LogP contribution in [0, 0.1) is 0 Å². The van der Waals surface area contributed by atoms with Crippen LogP contribution in [-0.2, 0) is 10.0 Å². The average Bonchev–Trinajstić information content (AvgIpc) is 2.50. The molecule has 1 unspecified atom stereocenters. The third kappa shape index (κ3) is 4.46. The first kappa shape index (κ1) is 15.3. The molecule has 1 aromatic heterocycles. The van der Waals surface area contributed by atoms with Gasteiger partial charge in [-0.15, -0.1) is 0 Å². The van der Waals surface area contributed by atoms with Gasteiger partial charge in [0.15, 0.2) is 0 Å². The summed E-state index contributed by atoms with van der Waals surface area (Å²) >= 11 is 0. The number of aromatic nitrogens is 1. The van der Waals surface area contributed by atoms with Crippen LogP contribution in [0.1, 0.15) is 25.5 Å². The molecule has 1 heterocycles. The van der Waals surface area contributed by atoms with Gasteiger partial charge in [-0.05, 0) is 49.7 Å². The molecule has 0 amide bonds. The van der Waals surface area contributed by atoms with E-state index >= 15 is 0 Å². The molecule has 0 aliphatic carbocycles. The van der Waals surface area contributed by atoms with Gasteiger partial charge in [-0.2, -0.15) is 0 Å². The summed E-state index contributed by atoms with van der Waals surface area (Å²) in [4.78, 5) is 4.09. The van der Waals surface area contributed by atoms with Crippen molar-refractivity contribution in [2.45, 2.75) is 19.9 Å². The molecule has 5 nitrogen and oxygen atoms in total. The van der Waals surface area contributed by atoms with Crippen molar-refractivity contribution in [1.29, 1.82) is 0 Å². The zero-order valence-corrected chi connectivity index (χ0v) is 12.9. The Morgan fingerprint density at radius 3 is 2.38 bits per heavy atom. The SMILES string of the molecule is CCS(=O)(=O)Nc1ccc(NC(C)c2cccnc2)cc1. The van der Waals surface area contributed by atoms with E-state index in [1.54, 1.807) is 25.3 Å². The Morgan fingerprint density at radius 2 is 1.81 bits per heavy atom. The van der Waals surface area contributed by atoms with Gasteiger partial charge < -0.3 is 5.32 Å². The lowest BCUT2D eigenvalue weighted by atomic mass is 10.1. The van der Waals surface area contributed by atoms with Gasteiger partial charge in [0.1, 0.15) is 0 Å². The molecule has 6 heteroatoms. The quantitative estimate of drug-likeness (QED) is 0.860. The predicted molar refractivity (Wildman–Crippen MR) is 85.8 cm³/mol. The van der Waals surface area contributed by atoms with Crippen molar-refractivity contribution in [3.8, 4) is 0 Å². The molecule has 0 aliphatic heterocycles. The van der Waals surface area contributed by atoms with E-state index in [4.69, 9.17) is 0 Å². The summed E-state index contributed by atoms with van der Waals surface area (Å²) < 4.78 is 25.5. The Hall–Kier alpha value is -2.08. The lowest BCUT2D eigenvalue weighted by molar-refractivity contribution is 0.602. The average molecular weight is 305 g/mol. The summed E-state index contributed by atoms with van der Waals surface area (Å²) in [7, 11) is -3.23. The van der Waals surface area contributed by atoms with Crippen LogP contribution in [0.4, 0.5) is 11.4 Å². The molecule has 0 fully saturated rings. The normalized spacial score (nSPS) is 12.7. The first-order valence-corrected chi connectivity index (χ1v) is 8.42. The number of pyridine rings is 1. The van der Waals surface area contributed by atoms with Gasteiger partial charge in [0.25, 0.3) is 0 Å². The van der Waals surface area contributed by atoms with Gasteiger partial charge >= 0.3 is 0 Å². The molecule has 21 heavy (non-hydrogen) atoms. The second kappa shape index (κ2) is 6.58. The van der Waals surface area contributed by atoms with Crippen molar-refractivity contribution in [3.63, 3.8) is 0 Å². The number of rotatable bonds is 6. The zero-order chi connectivity index (χ0) is 15.3. The molecule has 2 rings (SSSR count). The summed E-state index contributed by atoms with van der Waals surface area (Å²) in [5, 5.41) is 3.34. The number of benzene rings is 1. The Kier molecular flexibility index (Phi) is 4.80. The van der Waals surface area contributed by atoms with Crippen molar-refractivity contribution >= 4 is 21.4 Å². The predicted octanol–water partition coefficient (Wildman–Crippen LogP) is 3.02. The number of anilines is 2. The topological polar surface area (TPSA) is 71.1 Å². The Bertz CT molecular complexity index is 670. The van der Waals surface area contributed by atoms with E-state index in [9.17, 15) is 8.42 Å². The first-order chi connectivity index (χ1) is 10.00. The fourth-order valence-electron chi connectivity index (χ4n) is 1.85. The smallest absolute Gasteiger partial charge is 0.232 e. The Morgan fingerprint density at radius 1 is 1.14 bits per heavy atom. The highest BCUT2D eigenvalue weighted by atomic mass is 32.2. The largest absolute Gasteiger partial charge is 0.378 e. The highest BCUT2D eigenvalue weighted by Gasteiger charge is 2.07. The van der Waals surface area contributed by atoms with Crippen LogP contribution in [0.5, 0.6) is 0 Å². The minimum Gasteiger partial charge on any atom is -0.378 e. The molecule has 0 aliphatic rings. The maximum Gasteiger partial charge on any atom is 0.232 e. The molecule has 2 aromatic rings.